The van der Waals surface area contributed by atoms with E-state index in [9.17, 15) is 4.79 Å². The van der Waals surface area contributed by atoms with Crippen molar-refractivity contribution in [2.24, 2.45) is 4.99 Å². The second-order valence-corrected chi connectivity index (χ2v) is 7.36. The molecule has 2 saturated heterocycles. The Bertz CT molecular complexity index is 459. The molecule has 2 aliphatic heterocycles. The number of hydrogen-bond acceptors (Lipinski definition) is 5. The van der Waals surface area contributed by atoms with Gasteiger partial charge in [0.15, 0.2) is 5.96 Å². The number of likely N-dealkylation sites (tertiary alicyclic amines) is 1. The lowest BCUT2D eigenvalue weighted by Crippen LogP contribution is -2.48. The molecule has 0 aromatic rings. The number of hydrogen-bond donors (Lipinski definition) is 1. The van der Waals surface area contributed by atoms with Crippen LogP contribution in [0.4, 0.5) is 0 Å². The molecule has 2 fully saturated rings. The van der Waals surface area contributed by atoms with Crippen molar-refractivity contribution in [3.8, 4) is 0 Å². The maximum atomic E-state index is 11.9. The van der Waals surface area contributed by atoms with E-state index in [-0.39, 0.29) is 24.7 Å². The number of likely N-dealkylation sites (N-methyl/N-ethyl adjacent to an activating group) is 1. The average Bonchev–Trinajstić information content (AvgIpc) is 2.70. The molecule has 1 atom stereocenters. The first-order chi connectivity index (χ1) is 13.1. The van der Waals surface area contributed by atoms with Crippen LogP contribution in [-0.4, -0.2) is 101 Å². The largest absolute Gasteiger partial charge is 0.383 e. The molecule has 0 radical (unpaired) electrons. The van der Waals surface area contributed by atoms with Gasteiger partial charge in [0.1, 0.15) is 6.54 Å². The fourth-order valence-electron chi connectivity index (χ4n) is 3.23. The van der Waals surface area contributed by atoms with Crippen molar-refractivity contribution in [3.63, 3.8) is 0 Å². The first-order valence-corrected chi connectivity index (χ1v) is 10.1. The van der Waals surface area contributed by atoms with E-state index in [0.717, 1.165) is 44.9 Å². The minimum Gasteiger partial charge on any atom is -0.383 e. The van der Waals surface area contributed by atoms with E-state index in [2.05, 4.69) is 15.2 Å². The third-order valence-corrected chi connectivity index (χ3v) is 4.99. The van der Waals surface area contributed by atoms with Gasteiger partial charge in [-0.05, 0) is 32.1 Å². The van der Waals surface area contributed by atoms with E-state index in [4.69, 9.17) is 14.2 Å². The third-order valence-electron chi connectivity index (χ3n) is 4.99. The SMILES string of the molecule is COCCNC(=NCC(=O)N(C)C)N1CCC(OCC2CCCCO2)CC1. The van der Waals surface area contributed by atoms with Crippen molar-refractivity contribution in [2.75, 3.05) is 67.2 Å². The summed E-state index contributed by atoms with van der Waals surface area (Å²) in [4.78, 5) is 20.1. The van der Waals surface area contributed by atoms with Crippen molar-refractivity contribution in [3.05, 3.63) is 0 Å². The Kier molecular flexibility index (Phi) is 9.86. The van der Waals surface area contributed by atoms with Gasteiger partial charge in [-0.15, -0.1) is 0 Å². The number of rotatable bonds is 8. The second kappa shape index (κ2) is 12.2. The van der Waals surface area contributed by atoms with Gasteiger partial charge in [0.05, 0.1) is 25.4 Å². The van der Waals surface area contributed by atoms with Crippen LogP contribution >= 0.6 is 0 Å². The highest BCUT2D eigenvalue weighted by atomic mass is 16.5. The molecule has 0 bridgehead atoms. The minimum atomic E-state index is -0.00765. The molecule has 0 aromatic carbocycles. The zero-order valence-electron chi connectivity index (χ0n) is 17.1. The molecule has 27 heavy (non-hydrogen) atoms. The number of ether oxygens (including phenoxy) is 3. The van der Waals surface area contributed by atoms with Gasteiger partial charge in [-0.1, -0.05) is 0 Å². The van der Waals surface area contributed by atoms with Gasteiger partial charge in [-0.2, -0.15) is 0 Å². The molecule has 2 aliphatic rings. The summed E-state index contributed by atoms with van der Waals surface area (Å²) >= 11 is 0. The van der Waals surface area contributed by atoms with Crippen molar-refractivity contribution in [1.82, 2.24) is 15.1 Å². The van der Waals surface area contributed by atoms with Crippen molar-refractivity contribution in [2.45, 2.75) is 44.3 Å². The first kappa shape index (κ1) is 21.9. The Labute approximate surface area is 163 Å². The summed E-state index contributed by atoms with van der Waals surface area (Å²) in [5.74, 6) is 0.767. The summed E-state index contributed by atoms with van der Waals surface area (Å²) < 4.78 is 16.9. The summed E-state index contributed by atoms with van der Waals surface area (Å²) in [6.07, 6.45) is 5.98. The van der Waals surface area contributed by atoms with E-state index in [1.807, 2.05) is 0 Å². The monoisotopic (exact) mass is 384 g/mol. The molecule has 2 rings (SSSR count). The molecule has 156 valence electrons. The quantitative estimate of drug-likeness (QED) is 0.378. The van der Waals surface area contributed by atoms with Gasteiger partial charge in [0.2, 0.25) is 5.91 Å². The van der Waals surface area contributed by atoms with Gasteiger partial charge in [-0.3, -0.25) is 4.79 Å². The highest BCUT2D eigenvalue weighted by Gasteiger charge is 2.24. The lowest BCUT2D eigenvalue weighted by molar-refractivity contribution is -0.127. The van der Waals surface area contributed by atoms with Crippen LogP contribution in [0.1, 0.15) is 32.1 Å². The lowest BCUT2D eigenvalue weighted by Gasteiger charge is -2.35. The van der Waals surface area contributed by atoms with E-state index in [1.165, 1.54) is 12.8 Å². The standard InChI is InChI=1S/C19H36N4O4/c1-22(2)18(24)14-21-19(20-9-13-25-3)23-10-7-16(8-11-23)27-15-17-6-4-5-12-26-17/h16-17H,4-15H2,1-3H3,(H,20,21). The van der Waals surface area contributed by atoms with Crippen LogP contribution in [-0.2, 0) is 19.0 Å². The number of aliphatic imine (C=N–C) groups is 1. The fraction of sp³-hybridized carbons (Fsp3) is 0.895. The lowest BCUT2D eigenvalue weighted by atomic mass is 10.1. The number of piperidine rings is 1. The molecular weight excluding hydrogens is 348 g/mol. The Hall–Kier alpha value is -1.38. The van der Waals surface area contributed by atoms with Crippen LogP contribution in [0.15, 0.2) is 4.99 Å². The number of carbonyl (C=O) groups excluding carboxylic acids is 1. The maximum Gasteiger partial charge on any atom is 0.243 e. The van der Waals surface area contributed by atoms with Crippen LogP contribution in [0.25, 0.3) is 0 Å². The summed E-state index contributed by atoms with van der Waals surface area (Å²) in [6, 6.07) is 0. The van der Waals surface area contributed by atoms with Gasteiger partial charge < -0.3 is 29.3 Å². The smallest absolute Gasteiger partial charge is 0.243 e. The van der Waals surface area contributed by atoms with E-state index in [0.29, 0.717) is 19.8 Å². The third kappa shape index (κ3) is 8.02. The van der Waals surface area contributed by atoms with E-state index < -0.39 is 0 Å². The Morgan fingerprint density at radius 2 is 2.04 bits per heavy atom. The number of nitrogens with zero attached hydrogens (tertiary/aromatic N) is 3. The van der Waals surface area contributed by atoms with Crippen LogP contribution < -0.4 is 5.32 Å². The van der Waals surface area contributed by atoms with Crippen LogP contribution in [0.2, 0.25) is 0 Å². The highest BCUT2D eigenvalue weighted by molar-refractivity contribution is 5.84. The molecule has 2 heterocycles. The highest BCUT2D eigenvalue weighted by Crippen LogP contribution is 2.18. The maximum absolute atomic E-state index is 11.9. The molecule has 1 N–H and O–H groups in total. The van der Waals surface area contributed by atoms with Crippen molar-refractivity contribution in [1.29, 1.82) is 0 Å². The molecule has 1 unspecified atom stereocenters. The number of methoxy groups -OCH3 is 1. The Morgan fingerprint density at radius 1 is 1.26 bits per heavy atom. The summed E-state index contributed by atoms with van der Waals surface area (Å²) in [5, 5.41) is 3.30. The summed E-state index contributed by atoms with van der Waals surface area (Å²) in [6.45, 7) is 4.72. The number of carbonyl (C=O) groups is 1. The second-order valence-electron chi connectivity index (χ2n) is 7.36. The van der Waals surface area contributed by atoms with Crippen molar-refractivity contribution < 1.29 is 19.0 Å². The zero-order valence-corrected chi connectivity index (χ0v) is 17.1. The first-order valence-electron chi connectivity index (χ1n) is 10.1. The molecule has 0 aromatic heterocycles. The van der Waals surface area contributed by atoms with E-state index >= 15 is 0 Å². The zero-order chi connectivity index (χ0) is 19.5. The van der Waals surface area contributed by atoms with Gasteiger partial charge in [-0.25, -0.2) is 4.99 Å². The number of guanidine groups is 1. The molecular formula is C19H36N4O4. The molecule has 0 aliphatic carbocycles. The Morgan fingerprint density at radius 3 is 2.67 bits per heavy atom. The van der Waals surface area contributed by atoms with Crippen molar-refractivity contribution >= 4 is 11.9 Å². The van der Waals surface area contributed by atoms with Gasteiger partial charge in [0, 0.05) is 47.4 Å². The molecule has 8 nitrogen and oxygen atoms in total. The topological polar surface area (TPSA) is 75.6 Å². The average molecular weight is 385 g/mol. The molecule has 0 saturated carbocycles. The number of nitrogens with one attached hydrogen (secondary N) is 1. The molecule has 8 heteroatoms. The normalized spacial score (nSPS) is 22.0. The van der Waals surface area contributed by atoms with Gasteiger partial charge >= 0.3 is 0 Å². The fourth-order valence-corrected chi connectivity index (χ4v) is 3.23. The van der Waals surface area contributed by atoms with Crippen LogP contribution in [0.5, 0.6) is 0 Å². The molecule has 1 amide bonds. The number of amides is 1. The Balaban J connectivity index is 1.78. The van der Waals surface area contributed by atoms with Crippen LogP contribution in [0.3, 0.4) is 0 Å². The summed E-state index contributed by atoms with van der Waals surface area (Å²) in [7, 11) is 5.16. The van der Waals surface area contributed by atoms with E-state index in [1.54, 1.807) is 26.1 Å². The predicted octanol–water partition coefficient (Wildman–Crippen LogP) is 0.717. The molecule has 0 spiro atoms. The van der Waals surface area contributed by atoms with Crippen LogP contribution in [0, 0.1) is 0 Å². The predicted molar refractivity (Wildman–Crippen MR) is 105 cm³/mol. The van der Waals surface area contributed by atoms with Gasteiger partial charge in [0.25, 0.3) is 0 Å². The summed E-state index contributed by atoms with van der Waals surface area (Å²) in [5.41, 5.74) is 0. The minimum absolute atomic E-state index is 0.00765.